The average molecular weight is 529 g/mol. The van der Waals surface area contributed by atoms with Crippen molar-refractivity contribution in [1.82, 2.24) is 20.3 Å². The molecule has 2 fully saturated rings. The van der Waals surface area contributed by atoms with Gasteiger partial charge in [-0.25, -0.2) is 20.2 Å². The summed E-state index contributed by atoms with van der Waals surface area (Å²) >= 11 is 0. The number of nitrogens with one attached hydrogen (secondary N) is 1. The Bertz CT molecular complexity index is 1330. The van der Waals surface area contributed by atoms with Gasteiger partial charge in [0.05, 0.1) is 11.6 Å². The van der Waals surface area contributed by atoms with Crippen LogP contribution in [0.4, 0.5) is 16.4 Å². The molecule has 6 rings (SSSR count). The summed E-state index contributed by atoms with van der Waals surface area (Å²) in [6.07, 6.45) is 5.46. The molecule has 1 saturated heterocycles. The van der Waals surface area contributed by atoms with Crippen LogP contribution in [0.5, 0.6) is 11.5 Å². The van der Waals surface area contributed by atoms with Gasteiger partial charge in [-0.2, -0.15) is 0 Å². The number of benzene rings is 2. The number of nitrogens with zero attached hydrogens (tertiary/aromatic N) is 4. The predicted octanol–water partition coefficient (Wildman–Crippen LogP) is 5.44. The number of hydrogen-bond acceptors (Lipinski definition) is 8. The highest BCUT2D eigenvalue weighted by molar-refractivity contribution is 5.69. The van der Waals surface area contributed by atoms with Gasteiger partial charge in [0.2, 0.25) is 0 Å². The van der Waals surface area contributed by atoms with Crippen molar-refractivity contribution in [2.45, 2.75) is 64.1 Å². The molecule has 2 aliphatic heterocycles. The fourth-order valence-electron chi connectivity index (χ4n) is 6.01. The zero-order valence-electron chi connectivity index (χ0n) is 22.8. The number of hydrogen-bond donors (Lipinski definition) is 2. The lowest BCUT2D eigenvalue weighted by Gasteiger charge is -2.53. The molecular weight excluding hydrogens is 492 g/mol. The first-order valence-corrected chi connectivity index (χ1v) is 13.7. The minimum absolute atomic E-state index is 0.144. The van der Waals surface area contributed by atoms with Crippen molar-refractivity contribution in [1.29, 1.82) is 0 Å². The number of fused-ring (bicyclic) bond motifs is 1. The van der Waals surface area contributed by atoms with Gasteiger partial charge in [0, 0.05) is 24.5 Å². The molecule has 1 aromatic heterocycles. The number of aromatic nitrogens is 2. The van der Waals surface area contributed by atoms with E-state index < -0.39 is 5.60 Å². The van der Waals surface area contributed by atoms with E-state index in [-0.39, 0.29) is 23.6 Å². The van der Waals surface area contributed by atoms with E-state index in [1.807, 2.05) is 68.1 Å². The molecular formula is C30H36N6O3. The molecule has 1 atom stereocenters. The van der Waals surface area contributed by atoms with Gasteiger partial charge < -0.3 is 20.1 Å². The van der Waals surface area contributed by atoms with Gasteiger partial charge in [0.15, 0.2) is 5.82 Å². The third-order valence-electron chi connectivity index (χ3n) is 7.96. The van der Waals surface area contributed by atoms with Crippen LogP contribution in [0.25, 0.3) is 0 Å². The summed E-state index contributed by atoms with van der Waals surface area (Å²) in [5, 5.41) is 2.20. The van der Waals surface area contributed by atoms with E-state index in [1.54, 1.807) is 0 Å². The molecule has 0 radical (unpaired) electrons. The van der Waals surface area contributed by atoms with Crippen molar-refractivity contribution in [3.8, 4) is 11.5 Å². The molecule has 3 N–H and O–H groups in total. The van der Waals surface area contributed by atoms with Crippen molar-refractivity contribution in [2.75, 3.05) is 23.8 Å². The highest BCUT2D eigenvalue weighted by atomic mass is 16.6. The number of nitrogen functional groups attached to an aromatic ring is 1. The Morgan fingerprint density at radius 2 is 1.67 bits per heavy atom. The molecule has 1 spiro atoms. The summed E-state index contributed by atoms with van der Waals surface area (Å²) < 4.78 is 11.5. The second-order valence-corrected chi connectivity index (χ2v) is 12.0. The first-order valence-electron chi connectivity index (χ1n) is 13.7. The molecule has 1 amide bonds. The Balaban J connectivity index is 1.13. The standard InChI is InChI=1S/C30H36N6O3/c1-29(2,3)39-28(37)35-17-30(18-35)15-13-21(14-16-30)36-27-24(26(31)32-19-33-27)25(34-36)20-9-11-23(12-10-20)38-22-7-5-4-6-8-22/h4-12,19,21,25,34H,13-18H2,1-3H3,(H2,31,32,33). The number of likely N-dealkylation sites (tertiary alicyclic amines) is 1. The number of hydrazine groups is 1. The topological polar surface area (TPSA) is 106 Å². The monoisotopic (exact) mass is 528 g/mol. The third kappa shape index (κ3) is 5.11. The van der Waals surface area contributed by atoms with Crippen LogP contribution in [-0.4, -0.2) is 45.7 Å². The fourth-order valence-corrected chi connectivity index (χ4v) is 6.01. The second kappa shape index (κ2) is 9.72. The van der Waals surface area contributed by atoms with Crippen LogP contribution < -0.4 is 20.9 Å². The maximum atomic E-state index is 12.4. The quantitative estimate of drug-likeness (QED) is 0.461. The smallest absolute Gasteiger partial charge is 0.410 e. The average Bonchev–Trinajstić information content (AvgIpc) is 3.28. The van der Waals surface area contributed by atoms with Gasteiger partial charge in [-0.3, -0.25) is 5.01 Å². The van der Waals surface area contributed by atoms with E-state index in [1.165, 1.54) is 6.33 Å². The summed E-state index contributed by atoms with van der Waals surface area (Å²) in [5.41, 5.74) is 11.8. The Kier molecular flexibility index (Phi) is 6.33. The van der Waals surface area contributed by atoms with Crippen LogP contribution in [0.15, 0.2) is 60.9 Å². The maximum Gasteiger partial charge on any atom is 0.410 e. The first kappa shape index (κ1) is 25.4. The molecule has 9 heteroatoms. The van der Waals surface area contributed by atoms with Crippen molar-refractivity contribution >= 4 is 17.7 Å². The number of anilines is 2. The summed E-state index contributed by atoms with van der Waals surface area (Å²) in [6.45, 7) is 7.26. The SMILES string of the molecule is CC(C)(C)OC(=O)N1CC2(CCC(N3NC(c4ccc(Oc5ccccc5)cc4)c4c(N)ncnc43)CC2)C1. The lowest BCUT2D eigenvalue weighted by Crippen LogP contribution is -2.61. The van der Waals surface area contributed by atoms with Crippen molar-refractivity contribution in [3.05, 3.63) is 72.1 Å². The molecule has 1 unspecified atom stereocenters. The number of nitrogens with two attached hydrogens (primary N) is 1. The summed E-state index contributed by atoms with van der Waals surface area (Å²) in [5.74, 6) is 2.91. The number of para-hydroxylation sites is 1. The molecule has 39 heavy (non-hydrogen) atoms. The van der Waals surface area contributed by atoms with Crippen molar-refractivity contribution in [2.24, 2.45) is 5.41 Å². The lowest BCUT2D eigenvalue weighted by molar-refractivity contribution is -0.0508. The van der Waals surface area contributed by atoms with Gasteiger partial charge in [-0.1, -0.05) is 30.3 Å². The van der Waals surface area contributed by atoms with E-state index >= 15 is 0 Å². The molecule has 3 aromatic rings. The molecule has 1 aliphatic carbocycles. The van der Waals surface area contributed by atoms with Crippen LogP contribution in [-0.2, 0) is 4.74 Å². The molecule has 2 aromatic carbocycles. The summed E-state index contributed by atoms with van der Waals surface area (Å²) in [7, 11) is 0. The molecule has 3 heterocycles. The van der Waals surface area contributed by atoms with E-state index in [4.69, 9.17) is 15.2 Å². The zero-order chi connectivity index (χ0) is 27.2. The Hall–Kier alpha value is -3.85. The molecule has 3 aliphatic rings. The number of carbonyl (C=O) groups excluding carboxylic acids is 1. The molecule has 9 nitrogen and oxygen atoms in total. The van der Waals surface area contributed by atoms with E-state index in [2.05, 4.69) is 32.5 Å². The summed E-state index contributed by atoms with van der Waals surface area (Å²) in [6, 6.07) is 18.0. The number of amides is 1. The zero-order valence-corrected chi connectivity index (χ0v) is 22.8. The van der Waals surface area contributed by atoms with Gasteiger partial charge in [0.25, 0.3) is 0 Å². The Morgan fingerprint density at radius 1 is 1.00 bits per heavy atom. The van der Waals surface area contributed by atoms with Crippen LogP contribution in [0, 0.1) is 5.41 Å². The lowest BCUT2D eigenvalue weighted by atomic mass is 9.67. The van der Waals surface area contributed by atoms with Crippen molar-refractivity contribution < 1.29 is 14.3 Å². The largest absolute Gasteiger partial charge is 0.457 e. The van der Waals surface area contributed by atoms with Gasteiger partial charge in [0.1, 0.15) is 29.2 Å². The van der Waals surface area contributed by atoms with E-state index in [0.29, 0.717) is 5.82 Å². The molecule has 204 valence electrons. The van der Waals surface area contributed by atoms with E-state index in [0.717, 1.165) is 67.2 Å². The number of ether oxygens (including phenoxy) is 2. The normalized spacial score (nSPS) is 20.4. The van der Waals surface area contributed by atoms with Crippen molar-refractivity contribution in [3.63, 3.8) is 0 Å². The van der Waals surface area contributed by atoms with Gasteiger partial charge >= 0.3 is 6.09 Å². The second-order valence-electron chi connectivity index (χ2n) is 12.0. The van der Waals surface area contributed by atoms with Crippen LogP contribution in [0.1, 0.15) is 63.6 Å². The minimum Gasteiger partial charge on any atom is -0.457 e. The highest BCUT2D eigenvalue weighted by Gasteiger charge is 2.49. The predicted molar refractivity (Wildman–Crippen MR) is 149 cm³/mol. The Labute approximate surface area is 229 Å². The van der Waals surface area contributed by atoms with Crippen LogP contribution >= 0.6 is 0 Å². The minimum atomic E-state index is -0.470. The van der Waals surface area contributed by atoms with Crippen LogP contribution in [0.2, 0.25) is 0 Å². The van der Waals surface area contributed by atoms with Gasteiger partial charge in [-0.15, -0.1) is 0 Å². The Morgan fingerprint density at radius 3 is 2.33 bits per heavy atom. The third-order valence-corrected chi connectivity index (χ3v) is 7.96. The van der Waals surface area contributed by atoms with E-state index in [9.17, 15) is 4.79 Å². The highest BCUT2D eigenvalue weighted by Crippen LogP contribution is 2.47. The first-order chi connectivity index (χ1) is 18.7. The van der Waals surface area contributed by atoms with Gasteiger partial charge in [-0.05, 0) is 76.3 Å². The number of rotatable bonds is 4. The van der Waals surface area contributed by atoms with Crippen LogP contribution in [0.3, 0.4) is 0 Å². The number of carbonyl (C=O) groups is 1. The molecule has 1 saturated carbocycles. The summed E-state index contributed by atoms with van der Waals surface area (Å²) in [4.78, 5) is 23.2. The molecule has 0 bridgehead atoms. The fraction of sp³-hybridized carbons (Fsp3) is 0.433. The maximum absolute atomic E-state index is 12.4.